The van der Waals surface area contributed by atoms with Gasteiger partial charge in [0.1, 0.15) is 22.2 Å². The Balaban J connectivity index is 1.27. The molecule has 2 aliphatic heterocycles. The van der Waals surface area contributed by atoms with E-state index in [4.69, 9.17) is 14.7 Å². The van der Waals surface area contributed by atoms with E-state index in [2.05, 4.69) is 32.0 Å². The third-order valence-electron chi connectivity index (χ3n) is 8.94. The number of hydrogen-bond acceptors (Lipinski definition) is 11. The minimum Gasteiger partial charge on any atom is -0.493 e. The number of methoxy groups -OCH3 is 1. The van der Waals surface area contributed by atoms with Gasteiger partial charge in [-0.15, -0.1) is 0 Å². The molecule has 15 heteroatoms. The van der Waals surface area contributed by atoms with Crippen molar-refractivity contribution < 1.29 is 28.2 Å². The van der Waals surface area contributed by atoms with Crippen molar-refractivity contribution in [3.63, 3.8) is 0 Å². The molecule has 0 spiro atoms. The van der Waals surface area contributed by atoms with E-state index in [1.807, 2.05) is 30.9 Å². The Bertz CT molecular complexity index is 1890. The van der Waals surface area contributed by atoms with Gasteiger partial charge in [-0.05, 0) is 63.1 Å². The highest BCUT2D eigenvalue weighted by Gasteiger charge is 2.32. The third-order valence-corrected chi connectivity index (χ3v) is 9.85. The zero-order chi connectivity index (χ0) is 35.6. The van der Waals surface area contributed by atoms with Crippen LogP contribution in [0.4, 0.5) is 36.9 Å². The Morgan fingerprint density at radius 3 is 2.50 bits per heavy atom. The summed E-state index contributed by atoms with van der Waals surface area (Å²) in [6.07, 6.45) is 5.61. The van der Waals surface area contributed by atoms with Crippen molar-refractivity contribution >= 4 is 51.3 Å². The number of carbonyl (C=O) groups is 2. The number of anilines is 5. The molecule has 4 aromatic rings. The van der Waals surface area contributed by atoms with Crippen molar-refractivity contribution in [1.82, 2.24) is 19.9 Å². The fraction of sp³-hybridized carbons (Fsp3) is 0.343. The molecule has 1 unspecified atom stereocenters. The standard InChI is InChI=1S/C35H38F2N8O4S/c1-5-29(46)45-16-15-44(20-21(45)2)32-26(43-13-11-35(3,48)12-14-43)17-22(18-38-32)25-9-10-27(49-4)31(40-25)42-34-39-19-28(50-34)33(47)41-30-23(36)7-6-8-24(30)37/h5-10,17-19,21,48H,1,11-16,20H2,2-4H3,(H,41,47)(H,39,40,42). The molecule has 2 amide bonds. The summed E-state index contributed by atoms with van der Waals surface area (Å²) in [7, 11) is 1.51. The summed E-state index contributed by atoms with van der Waals surface area (Å²) in [5, 5.41) is 16.3. The molecule has 0 saturated carbocycles. The number of piperidine rings is 1. The number of pyridine rings is 2. The predicted molar refractivity (Wildman–Crippen MR) is 189 cm³/mol. The number of ether oxygens (including phenoxy) is 1. The third kappa shape index (κ3) is 7.38. The van der Waals surface area contributed by atoms with Gasteiger partial charge in [-0.1, -0.05) is 24.0 Å². The van der Waals surface area contributed by atoms with Gasteiger partial charge in [-0.25, -0.2) is 23.7 Å². The van der Waals surface area contributed by atoms with Crippen LogP contribution in [0.3, 0.4) is 0 Å². The minimum absolute atomic E-state index is 0.0410. The van der Waals surface area contributed by atoms with E-state index >= 15 is 0 Å². The van der Waals surface area contributed by atoms with Gasteiger partial charge in [0.2, 0.25) is 5.91 Å². The van der Waals surface area contributed by atoms with E-state index in [0.717, 1.165) is 40.5 Å². The molecule has 50 heavy (non-hydrogen) atoms. The molecule has 0 bridgehead atoms. The highest BCUT2D eigenvalue weighted by molar-refractivity contribution is 7.17. The van der Waals surface area contributed by atoms with Crippen molar-refractivity contribution in [3.05, 3.63) is 78.0 Å². The van der Waals surface area contributed by atoms with Crippen LogP contribution in [0, 0.1) is 11.6 Å². The quantitative estimate of drug-likeness (QED) is 0.193. The van der Waals surface area contributed by atoms with Crippen LogP contribution in [-0.2, 0) is 4.79 Å². The van der Waals surface area contributed by atoms with Crippen LogP contribution in [0.1, 0.15) is 36.4 Å². The van der Waals surface area contributed by atoms with Crippen LogP contribution in [0.15, 0.2) is 61.4 Å². The van der Waals surface area contributed by atoms with Crippen molar-refractivity contribution in [2.24, 2.45) is 0 Å². The maximum Gasteiger partial charge on any atom is 0.267 e. The second-order valence-corrected chi connectivity index (χ2v) is 13.6. The van der Waals surface area contributed by atoms with Crippen molar-refractivity contribution in [2.45, 2.75) is 38.3 Å². The summed E-state index contributed by atoms with van der Waals surface area (Å²) in [6, 6.07) is 8.91. The lowest BCUT2D eigenvalue weighted by molar-refractivity contribution is -0.128. The van der Waals surface area contributed by atoms with Crippen LogP contribution in [-0.4, -0.2) is 88.2 Å². The summed E-state index contributed by atoms with van der Waals surface area (Å²) in [6.45, 7) is 10.5. The lowest BCUT2D eigenvalue weighted by Gasteiger charge is -2.43. The molecule has 3 aromatic heterocycles. The topological polar surface area (TPSA) is 136 Å². The molecule has 12 nitrogen and oxygen atoms in total. The number of amides is 2. The Hall–Kier alpha value is -5.15. The summed E-state index contributed by atoms with van der Waals surface area (Å²) in [4.78, 5) is 45.5. The molecule has 3 N–H and O–H groups in total. The molecular weight excluding hydrogens is 666 g/mol. The van der Waals surface area contributed by atoms with Crippen LogP contribution >= 0.6 is 11.3 Å². The Kier molecular flexibility index (Phi) is 9.97. The zero-order valence-electron chi connectivity index (χ0n) is 27.9. The summed E-state index contributed by atoms with van der Waals surface area (Å²) >= 11 is 0.980. The number of piperazine rings is 1. The maximum atomic E-state index is 14.1. The lowest BCUT2D eigenvalue weighted by Crippen LogP contribution is -2.54. The molecule has 2 saturated heterocycles. The van der Waals surface area contributed by atoms with Gasteiger partial charge in [0.05, 0.1) is 30.3 Å². The highest BCUT2D eigenvalue weighted by Crippen LogP contribution is 2.37. The summed E-state index contributed by atoms with van der Waals surface area (Å²) in [5.41, 5.74) is 0.964. The Labute approximate surface area is 292 Å². The average Bonchev–Trinajstić information content (AvgIpc) is 3.58. The number of hydrogen-bond donors (Lipinski definition) is 3. The first-order valence-electron chi connectivity index (χ1n) is 16.2. The monoisotopic (exact) mass is 704 g/mol. The van der Waals surface area contributed by atoms with E-state index in [1.54, 1.807) is 12.3 Å². The van der Waals surface area contributed by atoms with Gasteiger partial charge < -0.3 is 35.2 Å². The number of nitrogens with one attached hydrogen (secondary N) is 2. The normalized spacial score (nSPS) is 17.3. The number of nitrogens with zero attached hydrogens (tertiary/aromatic N) is 6. The van der Waals surface area contributed by atoms with Crippen molar-refractivity contribution in [1.29, 1.82) is 0 Å². The maximum absolute atomic E-state index is 14.1. The second kappa shape index (κ2) is 14.4. The largest absolute Gasteiger partial charge is 0.493 e. The number of para-hydroxylation sites is 1. The lowest BCUT2D eigenvalue weighted by atomic mass is 9.93. The van der Waals surface area contributed by atoms with E-state index in [0.29, 0.717) is 68.0 Å². The summed E-state index contributed by atoms with van der Waals surface area (Å²) < 4.78 is 33.7. The number of thiazole rings is 1. The van der Waals surface area contributed by atoms with Gasteiger partial charge in [-0.3, -0.25) is 9.59 Å². The van der Waals surface area contributed by atoms with E-state index in [9.17, 15) is 23.5 Å². The fourth-order valence-electron chi connectivity index (χ4n) is 6.08. The smallest absolute Gasteiger partial charge is 0.267 e. The van der Waals surface area contributed by atoms with Gasteiger partial charge in [0, 0.05) is 50.5 Å². The zero-order valence-corrected chi connectivity index (χ0v) is 28.8. The van der Waals surface area contributed by atoms with Crippen LogP contribution in [0.25, 0.3) is 11.3 Å². The molecule has 2 aliphatic rings. The molecule has 0 aliphatic carbocycles. The molecule has 2 fully saturated rings. The molecule has 1 atom stereocenters. The highest BCUT2D eigenvalue weighted by atomic mass is 32.1. The minimum atomic E-state index is -0.887. The van der Waals surface area contributed by atoms with Gasteiger partial charge in [0.25, 0.3) is 5.91 Å². The van der Waals surface area contributed by atoms with Crippen molar-refractivity contribution in [2.75, 3.05) is 60.3 Å². The summed E-state index contributed by atoms with van der Waals surface area (Å²) in [5.74, 6) is -1.03. The molecule has 5 heterocycles. The van der Waals surface area contributed by atoms with Crippen LogP contribution < -0.4 is 25.2 Å². The van der Waals surface area contributed by atoms with Gasteiger partial charge in [-0.2, -0.15) is 0 Å². The number of halogens is 2. The second-order valence-electron chi connectivity index (χ2n) is 12.5. The van der Waals surface area contributed by atoms with Gasteiger partial charge in [0.15, 0.2) is 22.5 Å². The molecular formula is C35H38F2N8O4S. The number of benzene rings is 1. The van der Waals surface area contributed by atoms with Crippen LogP contribution in [0.2, 0.25) is 0 Å². The molecule has 0 radical (unpaired) electrons. The van der Waals surface area contributed by atoms with Gasteiger partial charge >= 0.3 is 0 Å². The average molecular weight is 705 g/mol. The number of aromatic nitrogens is 3. The Morgan fingerprint density at radius 2 is 1.82 bits per heavy atom. The Morgan fingerprint density at radius 1 is 1.08 bits per heavy atom. The predicted octanol–water partition coefficient (Wildman–Crippen LogP) is 5.46. The first kappa shape index (κ1) is 34.7. The SMILES string of the molecule is C=CC(=O)N1CCN(c2ncc(-c3ccc(OC)c(Nc4ncc(C(=O)Nc5c(F)cccc5F)s4)n3)cc2N2CCC(C)(O)CC2)CC1C. The van der Waals surface area contributed by atoms with E-state index in [1.165, 1.54) is 25.4 Å². The molecule has 262 valence electrons. The molecule has 6 rings (SSSR count). The van der Waals surface area contributed by atoms with Crippen molar-refractivity contribution in [3.8, 4) is 17.0 Å². The first-order chi connectivity index (χ1) is 24.0. The first-order valence-corrected chi connectivity index (χ1v) is 17.0. The van der Waals surface area contributed by atoms with E-state index in [-0.39, 0.29) is 16.8 Å². The van der Waals surface area contributed by atoms with Crippen LogP contribution in [0.5, 0.6) is 5.75 Å². The number of carbonyl (C=O) groups excluding carboxylic acids is 2. The van der Waals surface area contributed by atoms with E-state index < -0.39 is 28.8 Å². The number of aliphatic hydroxyl groups is 1. The molecule has 1 aromatic carbocycles. The number of rotatable bonds is 9. The fourth-order valence-corrected chi connectivity index (χ4v) is 6.79.